The van der Waals surface area contributed by atoms with Crippen LogP contribution < -0.4 is 4.74 Å². The lowest BCUT2D eigenvalue weighted by atomic mass is 10.0. The third-order valence-corrected chi connectivity index (χ3v) is 8.00. The maximum Gasteiger partial charge on any atom is 0.433 e. The molecule has 7 nitrogen and oxygen atoms in total. The number of alkyl halides is 3. The van der Waals surface area contributed by atoms with Gasteiger partial charge in [-0.1, -0.05) is 0 Å². The van der Waals surface area contributed by atoms with Gasteiger partial charge in [-0.3, -0.25) is 9.69 Å². The van der Waals surface area contributed by atoms with Gasteiger partial charge in [0.2, 0.25) is 0 Å². The first-order valence-corrected chi connectivity index (χ1v) is 13.2. The standard InChI is InChI=1S/C29H25F6N5O2/c1-15-25(16-3-7-21(42-2)8-4-16)37-27-22(11-36-40(27)26(15)29(33,34)35)28(41)39-19-5-6-20(39)14-38(13-19)12-17-9-18(30)10-23(31)24(17)32/h3-4,7-11,19-20H,5-6,12-14H2,1-2H3. The van der Waals surface area contributed by atoms with E-state index in [9.17, 15) is 31.1 Å². The van der Waals surface area contributed by atoms with Gasteiger partial charge in [0.1, 0.15) is 17.1 Å². The van der Waals surface area contributed by atoms with Gasteiger partial charge < -0.3 is 9.64 Å². The van der Waals surface area contributed by atoms with Crippen LogP contribution in [-0.4, -0.2) is 62.6 Å². The van der Waals surface area contributed by atoms with Crippen molar-refractivity contribution in [2.45, 2.75) is 44.6 Å². The van der Waals surface area contributed by atoms with E-state index in [0.29, 0.717) is 47.8 Å². The molecule has 4 aromatic rings. The highest BCUT2D eigenvalue weighted by Crippen LogP contribution is 2.38. The summed E-state index contributed by atoms with van der Waals surface area (Å²) in [6.45, 7) is 1.87. The van der Waals surface area contributed by atoms with Crippen molar-refractivity contribution >= 4 is 11.6 Å². The number of fused-ring (bicyclic) bond motifs is 3. The van der Waals surface area contributed by atoms with Crippen molar-refractivity contribution in [3.05, 3.63) is 82.4 Å². The molecule has 0 N–H and O–H groups in total. The number of hydrogen-bond acceptors (Lipinski definition) is 5. The Bertz CT molecular complexity index is 1670. The summed E-state index contributed by atoms with van der Waals surface area (Å²) in [6.07, 6.45) is -2.45. The Hall–Kier alpha value is -4.13. The number of aromatic nitrogens is 3. The van der Waals surface area contributed by atoms with Crippen LogP contribution in [0.5, 0.6) is 5.75 Å². The molecule has 1 amide bonds. The molecular formula is C29H25F6N5O2. The third kappa shape index (κ3) is 4.75. The van der Waals surface area contributed by atoms with Crippen LogP contribution in [0.25, 0.3) is 16.9 Å². The maximum absolute atomic E-state index is 14.3. The average molecular weight is 590 g/mol. The number of amides is 1. The molecule has 2 aliphatic heterocycles. The number of methoxy groups -OCH3 is 1. The highest BCUT2D eigenvalue weighted by molar-refractivity contribution is 6.00. The van der Waals surface area contributed by atoms with Crippen molar-refractivity contribution in [3.8, 4) is 17.0 Å². The first-order chi connectivity index (χ1) is 20.0. The molecule has 2 saturated heterocycles. The van der Waals surface area contributed by atoms with Crippen LogP contribution in [0.15, 0.2) is 42.6 Å². The van der Waals surface area contributed by atoms with Crippen molar-refractivity contribution in [2.75, 3.05) is 20.2 Å². The average Bonchev–Trinajstić information content (AvgIpc) is 3.47. The normalized spacial score (nSPS) is 19.1. The second kappa shape index (κ2) is 10.3. The molecule has 2 bridgehead atoms. The number of piperazine rings is 1. The molecule has 4 heterocycles. The molecule has 13 heteroatoms. The van der Waals surface area contributed by atoms with Gasteiger partial charge in [0, 0.05) is 54.5 Å². The van der Waals surface area contributed by atoms with Gasteiger partial charge >= 0.3 is 6.18 Å². The molecule has 2 aromatic heterocycles. The second-order valence-electron chi connectivity index (χ2n) is 10.6. The molecule has 2 unspecified atom stereocenters. The fourth-order valence-corrected chi connectivity index (χ4v) is 6.14. The van der Waals surface area contributed by atoms with Gasteiger partial charge in [0.15, 0.2) is 23.0 Å². The van der Waals surface area contributed by atoms with E-state index in [1.54, 1.807) is 29.2 Å². The quantitative estimate of drug-likeness (QED) is 0.223. The molecule has 6 rings (SSSR count). The number of ether oxygens (including phenoxy) is 1. The van der Waals surface area contributed by atoms with Crippen LogP contribution in [0.4, 0.5) is 26.3 Å². The zero-order valence-corrected chi connectivity index (χ0v) is 22.6. The van der Waals surface area contributed by atoms with Gasteiger partial charge in [-0.05, 0) is 50.1 Å². The lowest BCUT2D eigenvalue weighted by molar-refractivity contribution is -0.143. The highest BCUT2D eigenvalue weighted by Gasteiger charge is 2.44. The molecule has 2 aliphatic rings. The Morgan fingerprint density at radius 3 is 2.33 bits per heavy atom. The van der Waals surface area contributed by atoms with Gasteiger partial charge in [-0.2, -0.15) is 18.3 Å². The van der Waals surface area contributed by atoms with Crippen molar-refractivity contribution in [2.24, 2.45) is 0 Å². The van der Waals surface area contributed by atoms with Gasteiger partial charge in [0.25, 0.3) is 5.91 Å². The summed E-state index contributed by atoms with van der Waals surface area (Å²) in [6, 6.07) is 7.17. The maximum atomic E-state index is 14.3. The van der Waals surface area contributed by atoms with Crippen molar-refractivity contribution in [3.63, 3.8) is 0 Å². The number of carbonyl (C=O) groups excluding carboxylic acids is 1. The Morgan fingerprint density at radius 1 is 1.05 bits per heavy atom. The molecule has 0 aliphatic carbocycles. The van der Waals surface area contributed by atoms with Crippen molar-refractivity contribution in [1.82, 2.24) is 24.4 Å². The zero-order valence-electron chi connectivity index (χ0n) is 22.6. The number of likely N-dealkylation sites (tertiary alicyclic amines) is 1. The minimum absolute atomic E-state index is 0.0484. The molecule has 0 saturated carbocycles. The second-order valence-corrected chi connectivity index (χ2v) is 10.6. The van der Waals surface area contributed by atoms with Crippen LogP contribution >= 0.6 is 0 Å². The SMILES string of the molecule is COc1ccc(-c2nc3c(C(=O)N4C5CCC4CN(Cc4cc(F)cc(F)c4F)C5)cnn3c(C(F)(F)F)c2C)cc1. The first-order valence-electron chi connectivity index (χ1n) is 13.2. The minimum Gasteiger partial charge on any atom is -0.497 e. The van der Waals surface area contributed by atoms with E-state index in [1.807, 2.05) is 4.90 Å². The van der Waals surface area contributed by atoms with Crippen LogP contribution in [0, 0.1) is 24.4 Å². The Balaban J connectivity index is 1.34. The monoisotopic (exact) mass is 589 g/mol. The Morgan fingerprint density at radius 2 is 1.71 bits per heavy atom. The summed E-state index contributed by atoms with van der Waals surface area (Å²) in [5, 5.41) is 3.93. The summed E-state index contributed by atoms with van der Waals surface area (Å²) < 4.78 is 90.5. The van der Waals surface area contributed by atoms with E-state index in [4.69, 9.17) is 4.74 Å². The molecular weight excluding hydrogens is 564 g/mol. The van der Waals surface area contributed by atoms with Crippen LogP contribution in [-0.2, 0) is 12.7 Å². The molecule has 42 heavy (non-hydrogen) atoms. The van der Waals surface area contributed by atoms with Crippen molar-refractivity contribution in [1.29, 1.82) is 0 Å². The molecule has 0 spiro atoms. The topological polar surface area (TPSA) is 63.0 Å². The predicted octanol–water partition coefficient (Wildman–Crippen LogP) is 5.64. The summed E-state index contributed by atoms with van der Waals surface area (Å²) in [5.74, 6) is -3.27. The van der Waals surface area contributed by atoms with Crippen LogP contribution in [0.1, 0.15) is 40.0 Å². The van der Waals surface area contributed by atoms with E-state index in [-0.39, 0.29) is 46.7 Å². The van der Waals surface area contributed by atoms with E-state index >= 15 is 0 Å². The molecule has 220 valence electrons. The summed E-state index contributed by atoms with van der Waals surface area (Å²) in [7, 11) is 1.48. The van der Waals surface area contributed by atoms with E-state index in [2.05, 4.69) is 10.1 Å². The number of hydrogen-bond donors (Lipinski definition) is 0. The fraction of sp³-hybridized carbons (Fsp3) is 0.345. The number of halogens is 6. The molecule has 2 fully saturated rings. The number of carbonyl (C=O) groups is 1. The smallest absolute Gasteiger partial charge is 0.433 e. The van der Waals surface area contributed by atoms with E-state index in [1.165, 1.54) is 14.0 Å². The largest absolute Gasteiger partial charge is 0.497 e. The van der Waals surface area contributed by atoms with Gasteiger partial charge in [0.05, 0.1) is 19.0 Å². The third-order valence-electron chi connectivity index (χ3n) is 8.00. The zero-order chi connectivity index (χ0) is 29.9. The summed E-state index contributed by atoms with van der Waals surface area (Å²) in [4.78, 5) is 21.8. The number of nitrogens with zero attached hydrogens (tertiary/aromatic N) is 5. The van der Waals surface area contributed by atoms with Crippen LogP contribution in [0.2, 0.25) is 0 Å². The molecule has 2 atom stereocenters. The lowest BCUT2D eigenvalue weighted by Gasteiger charge is -2.41. The molecule has 2 aromatic carbocycles. The Kier molecular flexibility index (Phi) is 6.87. The number of benzene rings is 2. The van der Waals surface area contributed by atoms with Crippen molar-refractivity contribution < 1.29 is 35.9 Å². The summed E-state index contributed by atoms with van der Waals surface area (Å²) in [5.41, 5.74) is -1.12. The highest BCUT2D eigenvalue weighted by atomic mass is 19.4. The van der Waals surface area contributed by atoms with Crippen LogP contribution in [0.3, 0.4) is 0 Å². The Labute approximate surface area is 236 Å². The van der Waals surface area contributed by atoms with E-state index < -0.39 is 35.2 Å². The first kappa shape index (κ1) is 28.0. The predicted molar refractivity (Wildman–Crippen MR) is 139 cm³/mol. The van der Waals surface area contributed by atoms with E-state index in [0.717, 1.165) is 12.3 Å². The summed E-state index contributed by atoms with van der Waals surface area (Å²) >= 11 is 0. The lowest BCUT2D eigenvalue weighted by Crippen LogP contribution is -2.55. The van der Waals surface area contributed by atoms with Gasteiger partial charge in [-0.15, -0.1) is 0 Å². The minimum atomic E-state index is -4.78. The number of rotatable bonds is 5. The molecule has 0 radical (unpaired) electrons. The fourth-order valence-electron chi connectivity index (χ4n) is 6.14. The van der Waals surface area contributed by atoms with Gasteiger partial charge in [-0.25, -0.2) is 22.7 Å².